The number of hydrogen-bond donors (Lipinski definition) is 2. The number of carbonyl (C=O) groups excluding carboxylic acids is 1. The molecule has 1 amide bonds. The summed E-state index contributed by atoms with van der Waals surface area (Å²) in [6, 6.07) is 6.97. The van der Waals surface area contributed by atoms with Gasteiger partial charge in [0.25, 0.3) is 5.91 Å². The van der Waals surface area contributed by atoms with E-state index in [1.807, 2.05) is 11.8 Å². The van der Waals surface area contributed by atoms with Crippen molar-refractivity contribution in [2.45, 2.75) is 32.0 Å². The van der Waals surface area contributed by atoms with E-state index in [4.69, 9.17) is 22.7 Å². The van der Waals surface area contributed by atoms with Crippen molar-refractivity contribution in [3.63, 3.8) is 0 Å². The third-order valence-electron chi connectivity index (χ3n) is 4.61. The fourth-order valence-corrected chi connectivity index (χ4v) is 4.33. The zero-order chi connectivity index (χ0) is 20.7. The van der Waals surface area contributed by atoms with Crippen molar-refractivity contribution < 1.29 is 18.0 Å². The summed E-state index contributed by atoms with van der Waals surface area (Å²) in [6.07, 6.45) is -1.56. The smallest absolute Gasteiger partial charge is 0.395 e. The number of amides is 1. The van der Waals surface area contributed by atoms with Crippen LogP contribution in [0.4, 0.5) is 13.2 Å². The lowest BCUT2D eigenvalue weighted by molar-refractivity contribution is -0.124. The maximum absolute atomic E-state index is 12.7. The van der Waals surface area contributed by atoms with E-state index in [2.05, 4.69) is 0 Å². The fraction of sp³-hybridized carbons (Fsp3) is 0.474. The van der Waals surface area contributed by atoms with Crippen molar-refractivity contribution in [1.82, 2.24) is 4.90 Å². The Hall–Kier alpha value is -1.67. The standard InChI is InChI=1S/C19H23ClF3N3OS/c20-15-4-2-1-3-14(15)12-26(8-5-13-6-9-28-10-7-13)18(27)16(24)11-17(25)19(21,22)23/h1-4,11,13,24H,5-10,12,25H2. The van der Waals surface area contributed by atoms with Crippen LogP contribution in [-0.2, 0) is 11.3 Å². The highest BCUT2D eigenvalue weighted by molar-refractivity contribution is 7.99. The van der Waals surface area contributed by atoms with Gasteiger partial charge in [0.15, 0.2) is 0 Å². The molecule has 0 radical (unpaired) electrons. The van der Waals surface area contributed by atoms with Crippen molar-refractivity contribution in [2.24, 2.45) is 11.7 Å². The van der Waals surface area contributed by atoms with Crippen molar-refractivity contribution in [2.75, 3.05) is 18.1 Å². The molecule has 1 aromatic rings. The third-order valence-corrected chi connectivity index (χ3v) is 6.03. The molecule has 1 heterocycles. The molecule has 1 aliphatic rings. The normalized spacial score (nSPS) is 16.1. The van der Waals surface area contributed by atoms with Gasteiger partial charge < -0.3 is 10.6 Å². The zero-order valence-electron chi connectivity index (χ0n) is 15.3. The van der Waals surface area contributed by atoms with Crippen molar-refractivity contribution in [3.8, 4) is 0 Å². The van der Waals surface area contributed by atoms with Crippen LogP contribution in [0.3, 0.4) is 0 Å². The summed E-state index contributed by atoms with van der Waals surface area (Å²) >= 11 is 8.07. The number of thioether (sulfide) groups is 1. The fourth-order valence-electron chi connectivity index (χ4n) is 2.93. The molecule has 0 saturated carbocycles. The second-order valence-corrected chi connectivity index (χ2v) is 8.31. The summed E-state index contributed by atoms with van der Waals surface area (Å²) in [5, 5.41) is 8.26. The van der Waals surface area contributed by atoms with Gasteiger partial charge in [0.1, 0.15) is 11.4 Å². The summed E-state index contributed by atoms with van der Waals surface area (Å²) in [7, 11) is 0. The number of rotatable bonds is 7. The van der Waals surface area contributed by atoms with Crippen LogP contribution in [0.15, 0.2) is 36.0 Å². The van der Waals surface area contributed by atoms with Gasteiger partial charge in [-0.15, -0.1) is 0 Å². The Morgan fingerprint density at radius 2 is 1.96 bits per heavy atom. The first-order chi connectivity index (χ1) is 13.2. The second-order valence-electron chi connectivity index (χ2n) is 6.67. The van der Waals surface area contributed by atoms with Gasteiger partial charge >= 0.3 is 6.18 Å². The van der Waals surface area contributed by atoms with Gasteiger partial charge in [-0.1, -0.05) is 29.8 Å². The number of hydrogen-bond acceptors (Lipinski definition) is 4. The lowest BCUT2D eigenvalue weighted by Crippen LogP contribution is -2.37. The van der Waals surface area contributed by atoms with Gasteiger partial charge in [0.2, 0.25) is 0 Å². The Labute approximate surface area is 171 Å². The van der Waals surface area contributed by atoms with Crippen LogP contribution in [0, 0.1) is 11.3 Å². The monoisotopic (exact) mass is 433 g/mol. The van der Waals surface area contributed by atoms with E-state index in [-0.39, 0.29) is 6.54 Å². The van der Waals surface area contributed by atoms with Crippen molar-refractivity contribution >= 4 is 35.0 Å². The van der Waals surface area contributed by atoms with Gasteiger partial charge in [-0.3, -0.25) is 10.2 Å². The van der Waals surface area contributed by atoms with Gasteiger partial charge in [-0.25, -0.2) is 0 Å². The van der Waals surface area contributed by atoms with Crippen LogP contribution in [0.1, 0.15) is 24.8 Å². The van der Waals surface area contributed by atoms with Crippen LogP contribution in [0.5, 0.6) is 0 Å². The molecule has 28 heavy (non-hydrogen) atoms. The van der Waals surface area contributed by atoms with Crippen LogP contribution in [-0.4, -0.2) is 40.7 Å². The SMILES string of the molecule is N=C(C=C(N)C(F)(F)F)C(=O)N(CCC1CCSCC1)Cc1ccccc1Cl. The van der Waals surface area contributed by atoms with E-state index in [0.29, 0.717) is 29.1 Å². The minimum Gasteiger partial charge on any atom is -0.395 e. The zero-order valence-corrected chi connectivity index (χ0v) is 16.8. The summed E-state index contributed by atoms with van der Waals surface area (Å²) in [4.78, 5) is 14.1. The number of carbonyl (C=O) groups is 1. The molecule has 154 valence electrons. The first-order valence-electron chi connectivity index (χ1n) is 8.92. The average molecular weight is 434 g/mol. The topological polar surface area (TPSA) is 70.2 Å². The molecule has 0 aromatic heterocycles. The molecular weight excluding hydrogens is 411 g/mol. The van der Waals surface area contributed by atoms with Gasteiger partial charge in [-0.2, -0.15) is 24.9 Å². The van der Waals surface area contributed by atoms with Crippen LogP contribution in [0.25, 0.3) is 0 Å². The lowest BCUT2D eigenvalue weighted by atomic mass is 9.98. The molecule has 1 aliphatic heterocycles. The van der Waals surface area contributed by atoms with Crippen molar-refractivity contribution in [3.05, 3.63) is 46.6 Å². The predicted octanol–water partition coefficient (Wildman–Crippen LogP) is 4.63. The van der Waals surface area contributed by atoms with Crippen LogP contribution < -0.4 is 5.73 Å². The minimum absolute atomic E-state index is 0.127. The van der Waals surface area contributed by atoms with Gasteiger partial charge in [0.05, 0.1) is 0 Å². The van der Waals surface area contributed by atoms with E-state index in [0.717, 1.165) is 30.8 Å². The highest BCUT2D eigenvalue weighted by Gasteiger charge is 2.32. The summed E-state index contributed by atoms with van der Waals surface area (Å²) < 4.78 is 37.9. The Morgan fingerprint density at radius 3 is 2.57 bits per heavy atom. The Balaban J connectivity index is 2.14. The Kier molecular flexibility index (Phi) is 8.24. The summed E-state index contributed by atoms with van der Waals surface area (Å²) in [6.45, 7) is 0.476. The molecule has 4 nitrogen and oxygen atoms in total. The number of nitrogens with zero attached hydrogens (tertiary/aromatic N) is 1. The second kappa shape index (κ2) is 10.2. The molecule has 0 unspecified atom stereocenters. The number of benzene rings is 1. The van der Waals surface area contributed by atoms with Gasteiger partial charge in [-0.05, 0) is 54.4 Å². The van der Waals surface area contributed by atoms with E-state index in [1.54, 1.807) is 24.3 Å². The van der Waals surface area contributed by atoms with Crippen LogP contribution in [0.2, 0.25) is 5.02 Å². The summed E-state index contributed by atoms with van der Waals surface area (Å²) in [5.41, 5.74) is 3.38. The third kappa shape index (κ3) is 6.74. The molecule has 1 fully saturated rings. The average Bonchev–Trinajstić information content (AvgIpc) is 2.66. The summed E-state index contributed by atoms with van der Waals surface area (Å²) in [5.74, 6) is 1.82. The number of allylic oxidation sites excluding steroid dienone is 1. The maximum atomic E-state index is 12.7. The Bertz CT molecular complexity index is 733. The number of halogens is 4. The molecule has 0 aliphatic carbocycles. The number of nitrogens with one attached hydrogen (secondary N) is 1. The van der Waals surface area contributed by atoms with Gasteiger partial charge in [0, 0.05) is 18.1 Å². The molecule has 3 N–H and O–H groups in total. The van der Waals surface area contributed by atoms with E-state index < -0.39 is 23.5 Å². The number of alkyl halides is 3. The first-order valence-corrected chi connectivity index (χ1v) is 10.4. The lowest BCUT2D eigenvalue weighted by Gasteiger charge is -2.27. The first kappa shape index (κ1) is 22.6. The van der Waals surface area contributed by atoms with E-state index in [1.165, 1.54) is 4.90 Å². The molecule has 1 saturated heterocycles. The Morgan fingerprint density at radius 1 is 1.32 bits per heavy atom. The van der Waals surface area contributed by atoms with E-state index >= 15 is 0 Å². The molecule has 0 spiro atoms. The molecule has 0 atom stereocenters. The quantitative estimate of drug-likeness (QED) is 0.616. The predicted molar refractivity (Wildman–Crippen MR) is 108 cm³/mol. The molecule has 1 aromatic carbocycles. The van der Waals surface area contributed by atoms with Crippen molar-refractivity contribution in [1.29, 1.82) is 5.41 Å². The molecule has 2 rings (SSSR count). The number of nitrogens with two attached hydrogens (primary N) is 1. The molecule has 9 heteroatoms. The highest BCUT2D eigenvalue weighted by atomic mass is 35.5. The molecular formula is C19H23ClF3N3OS. The maximum Gasteiger partial charge on any atom is 0.430 e. The van der Waals surface area contributed by atoms with Crippen LogP contribution >= 0.6 is 23.4 Å². The van der Waals surface area contributed by atoms with E-state index in [9.17, 15) is 18.0 Å². The highest BCUT2D eigenvalue weighted by Crippen LogP contribution is 2.26. The molecule has 0 bridgehead atoms. The largest absolute Gasteiger partial charge is 0.430 e. The minimum atomic E-state index is -4.78.